The van der Waals surface area contributed by atoms with Gasteiger partial charge in [0.25, 0.3) is 11.7 Å². The number of aryl methyl sites for hydroxylation is 1. The van der Waals surface area contributed by atoms with Gasteiger partial charge in [-0.3, -0.25) is 14.5 Å². The SMILES string of the molecule is COc1cccc(OC)c1/C(O)=C1\C(=O)C(=O)N(c2cccc(C)c2)C1c1c[nH]c2ccccc12. The number of anilines is 1. The second-order valence-corrected chi connectivity index (χ2v) is 8.34. The van der Waals surface area contributed by atoms with Crippen molar-refractivity contribution in [3.05, 3.63) is 95.2 Å². The second-order valence-electron chi connectivity index (χ2n) is 8.34. The number of hydrogen-bond acceptors (Lipinski definition) is 5. The minimum atomic E-state index is -0.873. The molecule has 5 rings (SSSR count). The number of H-pyrrole nitrogens is 1. The number of aromatic nitrogens is 1. The maximum Gasteiger partial charge on any atom is 0.300 e. The molecule has 1 atom stereocenters. The van der Waals surface area contributed by atoms with Gasteiger partial charge in [0.1, 0.15) is 22.8 Å². The number of carbonyl (C=O) groups is 2. The highest BCUT2D eigenvalue weighted by Crippen LogP contribution is 2.46. The number of carbonyl (C=O) groups excluding carboxylic acids is 2. The zero-order valence-electron chi connectivity index (χ0n) is 19.5. The van der Waals surface area contributed by atoms with E-state index in [1.807, 2.05) is 49.4 Å². The Morgan fingerprint density at radius 1 is 0.943 bits per heavy atom. The third-order valence-electron chi connectivity index (χ3n) is 6.30. The Balaban J connectivity index is 1.83. The van der Waals surface area contributed by atoms with Gasteiger partial charge in [0.2, 0.25) is 0 Å². The minimum absolute atomic E-state index is 0.0379. The maximum absolute atomic E-state index is 13.5. The second kappa shape index (κ2) is 8.68. The molecule has 1 fully saturated rings. The summed E-state index contributed by atoms with van der Waals surface area (Å²) in [5, 5.41) is 12.4. The molecule has 0 bridgehead atoms. The van der Waals surface area contributed by atoms with Gasteiger partial charge < -0.3 is 19.6 Å². The molecule has 0 saturated carbocycles. The Morgan fingerprint density at radius 2 is 1.63 bits per heavy atom. The number of hydrogen-bond donors (Lipinski definition) is 2. The molecule has 7 nitrogen and oxygen atoms in total. The summed E-state index contributed by atoms with van der Waals surface area (Å²) in [7, 11) is 2.93. The summed E-state index contributed by atoms with van der Waals surface area (Å²) in [6.45, 7) is 1.92. The Hall–Kier alpha value is -4.52. The van der Waals surface area contributed by atoms with E-state index in [-0.39, 0.29) is 16.9 Å². The van der Waals surface area contributed by atoms with Crippen molar-refractivity contribution in [2.24, 2.45) is 0 Å². The predicted octanol–water partition coefficient (Wildman–Crippen LogP) is 5.12. The van der Waals surface area contributed by atoms with Gasteiger partial charge in [-0.25, -0.2) is 0 Å². The van der Waals surface area contributed by atoms with E-state index in [9.17, 15) is 14.7 Å². The fourth-order valence-corrected chi connectivity index (χ4v) is 4.71. The average Bonchev–Trinajstić information content (AvgIpc) is 3.41. The van der Waals surface area contributed by atoms with Crippen molar-refractivity contribution >= 4 is 34.0 Å². The number of Topliss-reactive ketones (excluding diaryl/α,β-unsaturated/α-hetero) is 1. The number of aliphatic hydroxyl groups excluding tert-OH is 1. The molecular weight excluding hydrogens is 444 g/mol. The zero-order chi connectivity index (χ0) is 24.7. The van der Waals surface area contributed by atoms with Crippen LogP contribution in [0.4, 0.5) is 5.69 Å². The Morgan fingerprint density at radius 3 is 2.31 bits per heavy atom. The smallest absolute Gasteiger partial charge is 0.300 e. The van der Waals surface area contributed by atoms with Crippen molar-refractivity contribution < 1.29 is 24.2 Å². The first kappa shape index (κ1) is 22.3. The van der Waals surface area contributed by atoms with Crippen LogP contribution in [-0.4, -0.2) is 36.0 Å². The number of amides is 1. The lowest BCUT2D eigenvalue weighted by Gasteiger charge is -2.25. The van der Waals surface area contributed by atoms with E-state index in [0.29, 0.717) is 22.7 Å². The molecule has 7 heteroatoms. The number of nitrogens with one attached hydrogen (secondary N) is 1. The van der Waals surface area contributed by atoms with Crippen molar-refractivity contribution in [1.82, 2.24) is 4.98 Å². The number of ketones is 1. The van der Waals surface area contributed by atoms with Gasteiger partial charge >= 0.3 is 0 Å². The van der Waals surface area contributed by atoms with E-state index >= 15 is 0 Å². The largest absolute Gasteiger partial charge is 0.506 e. The summed E-state index contributed by atoms with van der Waals surface area (Å²) in [4.78, 5) is 31.7. The molecule has 0 spiro atoms. The molecule has 1 aliphatic heterocycles. The van der Waals surface area contributed by atoms with Crippen molar-refractivity contribution in [2.75, 3.05) is 19.1 Å². The summed E-state index contributed by atoms with van der Waals surface area (Å²) in [5.41, 5.74) is 3.22. The number of nitrogens with zero attached hydrogens (tertiary/aromatic N) is 1. The highest BCUT2D eigenvalue weighted by molar-refractivity contribution is 6.52. The van der Waals surface area contributed by atoms with E-state index < -0.39 is 17.7 Å². The average molecular weight is 469 g/mol. The summed E-state index contributed by atoms with van der Waals surface area (Å²) in [6, 6.07) is 19.2. The number of ether oxygens (including phenoxy) is 2. The first-order valence-electron chi connectivity index (χ1n) is 11.1. The molecule has 1 aliphatic rings. The quantitative estimate of drug-likeness (QED) is 0.241. The summed E-state index contributed by atoms with van der Waals surface area (Å²) in [6.07, 6.45) is 1.77. The topological polar surface area (TPSA) is 91.9 Å². The number of rotatable bonds is 5. The number of fused-ring (bicyclic) bond motifs is 1. The highest BCUT2D eigenvalue weighted by Gasteiger charge is 2.48. The number of benzene rings is 3. The fraction of sp³-hybridized carbons (Fsp3) is 0.143. The van der Waals surface area contributed by atoms with Crippen LogP contribution < -0.4 is 14.4 Å². The number of methoxy groups -OCH3 is 2. The first-order chi connectivity index (χ1) is 17.0. The lowest BCUT2D eigenvalue weighted by atomic mass is 9.94. The Kier molecular flexibility index (Phi) is 5.53. The van der Waals surface area contributed by atoms with E-state index in [2.05, 4.69) is 4.98 Å². The fourth-order valence-electron chi connectivity index (χ4n) is 4.71. The standard InChI is InChI=1S/C28H24N2O5/c1-16-8-6-9-17(14-16)30-25(19-15-29-20-11-5-4-10-18(19)20)24(27(32)28(30)33)26(31)23-21(34-2)12-7-13-22(23)35-3/h4-15,25,29,31H,1-3H3/b26-24+. The van der Waals surface area contributed by atoms with Gasteiger partial charge in [-0.05, 0) is 42.8 Å². The third-order valence-corrected chi connectivity index (χ3v) is 6.30. The van der Waals surface area contributed by atoms with Gasteiger partial charge in [-0.15, -0.1) is 0 Å². The third kappa shape index (κ3) is 3.52. The van der Waals surface area contributed by atoms with Crippen LogP contribution in [0.15, 0.2) is 78.5 Å². The monoisotopic (exact) mass is 468 g/mol. The van der Waals surface area contributed by atoms with Crippen LogP contribution in [0.25, 0.3) is 16.7 Å². The molecule has 3 aromatic carbocycles. The van der Waals surface area contributed by atoms with E-state index in [1.54, 1.807) is 30.5 Å². The summed E-state index contributed by atoms with van der Waals surface area (Å²) >= 11 is 0. The molecule has 2 N–H and O–H groups in total. The molecule has 1 unspecified atom stereocenters. The first-order valence-corrected chi connectivity index (χ1v) is 11.1. The Labute approximate surface area is 202 Å². The normalized spacial score (nSPS) is 17.2. The molecule has 4 aromatic rings. The van der Waals surface area contributed by atoms with Crippen LogP contribution in [0.5, 0.6) is 11.5 Å². The van der Waals surface area contributed by atoms with Gasteiger partial charge in [-0.2, -0.15) is 0 Å². The maximum atomic E-state index is 13.5. The van der Waals surface area contributed by atoms with Crippen LogP contribution in [-0.2, 0) is 9.59 Å². The van der Waals surface area contributed by atoms with Crippen molar-refractivity contribution in [3.63, 3.8) is 0 Å². The van der Waals surface area contributed by atoms with Crippen LogP contribution >= 0.6 is 0 Å². The molecule has 1 amide bonds. The van der Waals surface area contributed by atoms with Crippen LogP contribution in [0.3, 0.4) is 0 Å². The lowest BCUT2D eigenvalue weighted by Crippen LogP contribution is -2.29. The molecule has 35 heavy (non-hydrogen) atoms. The summed E-state index contributed by atoms with van der Waals surface area (Å²) in [5.74, 6) is -1.22. The van der Waals surface area contributed by atoms with Gasteiger partial charge in [0, 0.05) is 28.4 Å². The van der Waals surface area contributed by atoms with Gasteiger partial charge in [0.05, 0.1) is 25.8 Å². The van der Waals surface area contributed by atoms with Gasteiger partial charge in [0.15, 0.2) is 0 Å². The minimum Gasteiger partial charge on any atom is -0.506 e. The molecule has 1 aromatic heterocycles. The summed E-state index contributed by atoms with van der Waals surface area (Å²) < 4.78 is 10.9. The predicted molar refractivity (Wildman–Crippen MR) is 134 cm³/mol. The molecule has 0 radical (unpaired) electrons. The molecule has 0 aliphatic carbocycles. The van der Waals surface area contributed by atoms with Crippen molar-refractivity contribution in [1.29, 1.82) is 0 Å². The number of aromatic amines is 1. The zero-order valence-corrected chi connectivity index (χ0v) is 19.5. The van der Waals surface area contributed by atoms with E-state index in [1.165, 1.54) is 19.1 Å². The highest BCUT2D eigenvalue weighted by atomic mass is 16.5. The molecule has 2 heterocycles. The van der Waals surface area contributed by atoms with Gasteiger partial charge in [-0.1, -0.05) is 36.4 Å². The Bertz CT molecular complexity index is 1480. The molecule has 176 valence electrons. The van der Waals surface area contributed by atoms with Crippen molar-refractivity contribution in [3.8, 4) is 11.5 Å². The lowest BCUT2D eigenvalue weighted by molar-refractivity contribution is -0.132. The molecule has 1 saturated heterocycles. The van der Waals surface area contributed by atoms with Crippen LogP contribution in [0.1, 0.15) is 22.7 Å². The van der Waals surface area contributed by atoms with Crippen molar-refractivity contribution in [2.45, 2.75) is 13.0 Å². The number of para-hydroxylation sites is 1. The van der Waals surface area contributed by atoms with E-state index in [0.717, 1.165) is 16.5 Å². The van der Waals surface area contributed by atoms with E-state index in [4.69, 9.17) is 9.47 Å². The number of aliphatic hydroxyl groups is 1. The van der Waals surface area contributed by atoms with Crippen LogP contribution in [0, 0.1) is 6.92 Å². The van der Waals surface area contributed by atoms with Crippen LogP contribution in [0.2, 0.25) is 0 Å². The molecular formula is C28H24N2O5.